The Labute approximate surface area is 158 Å². The van der Waals surface area contributed by atoms with E-state index in [2.05, 4.69) is 27.6 Å². The van der Waals surface area contributed by atoms with Gasteiger partial charge in [0.2, 0.25) is 11.7 Å². The summed E-state index contributed by atoms with van der Waals surface area (Å²) < 4.78 is 5.36. The van der Waals surface area contributed by atoms with Gasteiger partial charge in [-0.15, -0.1) is 0 Å². The van der Waals surface area contributed by atoms with Crippen molar-refractivity contribution >= 4 is 5.97 Å². The molecule has 3 rings (SSSR count). The van der Waals surface area contributed by atoms with Crippen molar-refractivity contribution in [3.8, 4) is 11.4 Å². The highest BCUT2D eigenvalue weighted by Crippen LogP contribution is 2.17. The van der Waals surface area contributed by atoms with Gasteiger partial charge in [0, 0.05) is 25.1 Å². The van der Waals surface area contributed by atoms with Crippen molar-refractivity contribution in [1.82, 2.24) is 15.5 Å². The summed E-state index contributed by atoms with van der Waals surface area (Å²) in [7, 11) is 0. The van der Waals surface area contributed by atoms with Crippen LogP contribution in [-0.4, -0.2) is 27.8 Å². The fourth-order valence-electron chi connectivity index (χ4n) is 2.76. The third-order valence-corrected chi connectivity index (χ3v) is 4.22. The standard InChI is InChI=1S/C21H23N3O3/c25-20(26)13-14-22-15-17-9-11-18(12-10-17)21-23-19(27-24-21)8-4-7-16-5-2-1-3-6-16/h1-3,5-6,9-12,22H,4,7-8,13-15H2,(H,25,26). The van der Waals surface area contributed by atoms with Crippen LogP contribution in [0.3, 0.4) is 0 Å². The minimum atomic E-state index is -0.797. The van der Waals surface area contributed by atoms with Gasteiger partial charge < -0.3 is 14.9 Å². The normalized spacial score (nSPS) is 10.8. The first kappa shape index (κ1) is 18.8. The van der Waals surface area contributed by atoms with Crippen LogP contribution in [0.2, 0.25) is 0 Å². The molecule has 0 radical (unpaired) electrons. The van der Waals surface area contributed by atoms with Crippen LogP contribution in [0, 0.1) is 0 Å². The Morgan fingerprint density at radius 1 is 1.00 bits per heavy atom. The van der Waals surface area contributed by atoms with Crippen molar-refractivity contribution in [2.45, 2.75) is 32.2 Å². The summed E-state index contributed by atoms with van der Waals surface area (Å²) >= 11 is 0. The van der Waals surface area contributed by atoms with E-state index < -0.39 is 5.97 Å². The number of aliphatic carboxylic acids is 1. The predicted octanol–water partition coefficient (Wildman–Crippen LogP) is 3.48. The van der Waals surface area contributed by atoms with E-state index in [9.17, 15) is 4.79 Å². The molecular formula is C21H23N3O3. The van der Waals surface area contributed by atoms with E-state index in [4.69, 9.17) is 9.63 Å². The number of nitrogens with one attached hydrogen (secondary N) is 1. The summed E-state index contributed by atoms with van der Waals surface area (Å²) in [6, 6.07) is 18.2. The molecule has 0 aliphatic heterocycles. The summed E-state index contributed by atoms with van der Waals surface area (Å²) in [5.41, 5.74) is 3.29. The Bertz CT molecular complexity index is 845. The van der Waals surface area contributed by atoms with Gasteiger partial charge in [0.1, 0.15) is 0 Å². The maximum Gasteiger partial charge on any atom is 0.304 e. The highest BCUT2D eigenvalue weighted by Gasteiger charge is 2.08. The third kappa shape index (κ3) is 6.04. The van der Waals surface area contributed by atoms with Gasteiger partial charge in [0.25, 0.3) is 0 Å². The number of rotatable bonds is 10. The van der Waals surface area contributed by atoms with E-state index in [0.717, 1.165) is 30.4 Å². The molecule has 0 spiro atoms. The second-order valence-electron chi connectivity index (χ2n) is 6.37. The van der Waals surface area contributed by atoms with Gasteiger partial charge in [-0.1, -0.05) is 59.8 Å². The molecule has 0 saturated carbocycles. The van der Waals surface area contributed by atoms with Crippen molar-refractivity contribution in [3.63, 3.8) is 0 Å². The predicted molar refractivity (Wildman–Crippen MR) is 102 cm³/mol. The van der Waals surface area contributed by atoms with Gasteiger partial charge in [0.05, 0.1) is 6.42 Å². The average Bonchev–Trinajstić information content (AvgIpc) is 3.15. The summed E-state index contributed by atoms with van der Waals surface area (Å²) in [4.78, 5) is 15.0. The summed E-state index contributed by atoms with van der Waals surface area (Å²) in [6.45, 7) is 1.08. The minimum absolute atomic E-state index is 0.119. The summed E-state index contributed by atoms with van der Waals surface area (Å²) in [5.74, 6) is 0.449. The largest absolute Gasteiger partial charge is 0.481 e. The fourth-order valence-corrected chi connectivity index (χ4v) is 2.76. The first-order valence-corrected chi connectivity index (χ1v) is 9.09. The lowest BCUT2D eigenvalue weighted by atomic mass is 10.1. The third-order valence-electron chi connectivity index (χ3n) is 4.22. The molecule has 1 aromatic heterocycles. The molecule has 2 N–H and O–H groups in total. The Morgan fingerprint density at radius 3 is 2.52 bits per heavy atom. The zero-order chi connectivity index (χ0) is 18.9. The molecule has 0 fully saturated rings. The van der Waals surface area contributed by atoms with Crippen LogP contribution >= 0.6 is 0 Å². The molecule has 3 aromatic rings. The Morgan fingerprint density at radius 2 is 1.78 bits per heavy atom. The average molecular weight is 365 g/mol. The van der Waals surface area contributed by atoms with Crippen molar-refractivity contribution in [2.75, 3.05) is 6.54 Å². The van der Waals surface area contributed by atoms with E-state index in [1.807, 2.05) is 42.5 Å². The molecule has 6 nitrogen and oxygen atoms in total. The second-order valence-corrected chi connectivity index (χ2v) is 6.37. The molecule has 2 aromatic carbocycles. The molecule has 27 heavy (non-hydrogen) atoms. The van der Waals surface area contributed by atoms with Crippen LogP contribution in [0.5, 0.6) is 0 Å². The first-order chi connectivity index (χ1) is 13.2. The van der Waals surface area contributed by atoms with Gasteiger partial charge in [-0.25, -0.2) is 0 Å². The fraction of sp³-hybridized carbons (Fsp3) is 0.286. The Hall–Kier alpha value is -2.99. The number of benzene rings is 2. The zero-order valence-electron chi connectivity index (χ0n) is 15.1. The molecule has 140 valence electrons. The van der Waals surface area contributed by atoms with Crippen LogP contribution in [-0.2, 0) is 24.2 Å². The molecule has 0 amide bonds. The summed E-state index contributed by atoms with van der Waals surface area (Å²) in [5, 5.41) is 15.8. The molecule has 0 aliphatic rings. The molecule has 0 bridgehead atoms. The van der Waals surface area contributed by atoms with Crippen molar-refractivity contribution < 1.29 is 14.4 Å². The van der Waals surface area contributed by atoms with Crippen molar-refractivity contribution in [3.05, 3.63) is 71.6 Å². The van der Waals surface area contributed by atoms with Crippen LogP contribution in [0.1, 0.15) is 29.9 Å². The van der Waals surface area contributed by atoms with Crippen LogP contribution in [0.15, 0.2) is 59.1 Å². The topological polar surface area (TPSA) is 88.2 Å². The van der Waals surface area contributed by atoms with E-state index in [0.29, 0.717) is 24.8 Å². The smallest absolute Gasteiger partial charge is 0.304 e. The van der Waals surface area contributed by atoms with E-state index in [1.54, 1.807) is 0 Å². The molecule has 1 heterocycles. The number of hydrogen-bond acceptors (Lipinski definition) is 5. The lowest BCUT2D eigenvalue weighted by Gasteiger charge is -2.03. The molecule has 0 saturated heterocycles. The monoisotopic (exact) mass is 365 g/mol. The number of carboxylic acid groups (broad SMARTS) is 1. The number of carbonyl (C=O) groups is 1. The quantitative estimate of drug-likeness (QED) is 0.535. The first-order valence-electron chi connectivity index (χ1n) is 9.09. The minimum Gasteiger partial charge on any atom is -0.481 e. The maximum absolute atomic E-state index is 10.5. The molecule has 6 heteroatoms. The highest BCUT2D eigenvalue weighted by atomic mass is 16.5. The van der Waals surface area contributed by atoms with Crippen LogP contribution < -0.4 is 5.32 Å². The van der Waals surface area contributed by atoms with Gasteiger partial charge in [-0.2, -0.15) is 4.98 Å². The maximum atomic E-state index is 10.5. The molecule has 0 unspecified atom stereocenters. The van der Waals surface area contributed by atoms with E-state index in [1.165, 1.54) is 5.56 Å². The molecular weight excluding hydrogens is 342 g/mol. The number of hydrogen-bond donors (Lipinski definition) is 2. The molecule has 0 aliphatic carbocycles. The van der Waals surface area contributed by atoms with E-state index in [-0.39, 0.29) is 6.42 Å². The zero-order valence-corrected chi connectivity index (χ0v) is 15.1. The van der Waals surface area contributed by atoms with Gasteiger partial charge in [-0.3, -0.25) is 4.79 Å². The van der Waals surface area contributed by atoms with Gasteiger partial charge >= 0.3 is 5.97 Å². The highest BCUT2D eigenvalue weighted by molar-refractivity contribution is 5.66. The van der Waals surface area contributed by atoms with Gasteiger partial charge in [0.15, 0.2) is 0 Å². The molecule has 0 atom stereocenters. The number of carboxylic acids is 1. The number of nitrogens with zero attached hydrogens (tertiary/aromatic N) is 2. The lowest BCUT2D eigenvalue weighted by molar-refractivity contribution is -0.136. The lowest BCUT2D eigenvalue weighted by Crippen LogP contribution is -2.17. The van der Waals surface area contributed by atoms with Crippen LogP contribution in [0.4, 0.5) is 0 Å². The number of aryl methyl sites for hydroxylation is 2. The van der Waals surface area contributed by atoms with Crippen molar-refractivity contribution in [2.24, 2.45) is 0 Å². The van der Waals surface area contributed by atoms with Gasteiger partial charge in [-0.05, 0) is 24.0 Å². The number of aromatic nitrogens is 2. The Kier molecular flexibility index (Phi) is 6.71. The van der Waals surface area contributed by atoms with Crippen LogP contribution in [0.25, 0.3) is 11.4 Å². The summed E-state index contributed by atoms with van der Waals surface area (Å²) in [6.07, 6.45) is 2.83. The second kappa shape index (κ2) is 9.64. The SMILES string of the molecule is O=C(O)CCNCc1ccc(-c2noc(CCCc3ccccc3)n2)cc1. The van der Waals surface area contributed by atoms with Crippen molar-refractivity contribution in [1.29, 1.82) is 0 Å². The van der Waals surface area contributed by atoms with E-state index >= 15 is 0 Å². The Balaban J connectivity index is 1.48.